The number of ether oxygens (including phenoxy) is 2. The van der Waals surface area contributed by atoms with E-state index in [4.69, 9.17) is 13.9 Å². The standard InChI is InChI=1S/C12H26O4Si/c1-7-14-8-9-15-10-11(13)16-17(5,6)12(2,3)4/h7-10H2,1-6H3. The molecule has 0 aliphatic rings. The Balaban J connectivity index is 3.87. The molecule has 102 valence electrons. The largest absolute Gasteiger partial charge is 0.517 e. The van der Waals surface area contributed by atoms with Gasteiger partial charge in [0.25, 0.3) is 8.32 Å². The maximum Gasteiger partial charge on any atom is 0.318 e. The molecule has 4 nitrogen and oxygen atoms in total. The van der Waals surface area contributed by atoms with Gasteiger partial charge in [-0.1, -0.05) is 20.8 Å². The highest BCUT2D eigenvalue weighted by molar-refractivity contribution is 6.75. The average molecular weight is 262 g/mol. The Bertz CT molecular complexity index is 233. The van der Waals surface area contributed by atoms with E-state index in [9.17, 15) is 4.79 Å². The van der Waals surface area contributed by atoms with E-state index in [1.807, 2.05) is 20.0 Å². The van der Waals surface area contributed by atoms with Crippen LogP contribution in [0.15, 0.2) is 0 Å². The summed E-state index contributed by atoms with van der Waals surface area (Å²) in [7, 11) is -2.00. The van der Waals surface area contributed by atoms with Gasteiger partial charge in [-0.3, -0.25) is 4.79 Å². The first-order valence-corrected chi connectivity index (χ1v) is 8.99. The molecule has 0 unspecified atom stereocenters. The molecule has 0 saturated carbocycles. The lowest BCUT2D eigenvalue weighted by Crippen LogP contribution is -2.43. The van der Waals surface area contributed by atoms with Gasteiger partial charge in [0, 0.05) is 6.61 Å². The number of carbonyl (C=O) groups is 1. The van der Waals surface area contributed by atoms with Gasteiger partial charge in [0.05, 0.1) is 13.2 Å². The normalized spacial score (nSPS) is 12.6. The topological polar surface area (TPSA) is 44.8 Å². The number of carbonyl (C=O) groups excluding carboxylic acids is 1. The Morgan fingerprint density at radius 1 is 1.12 bits per heavy atom. The lowest BCUT2D eigenvalue weighted by atomic mass is 10.2. The minimum Gasteiger partial charge on any atom is -0.517 e. The minimum atomic E-state index is -2.00. The van der Waals surface area contributed by atoms with Gasteiger partial charge in [-0.05, 0) is 25.1 Å². The summed E-state index contributed by atoms with van der Waals surface area (Å²) in [6.45, 7) is 13.9. The zero-order valence-corrected chi connectivity index (χ0v) is 13.0. The van der Waals surface area contributed by atoms with Crippen molar-refractivity contribution in [1.29, 1.82) is 0 Å². The molecule has 0 aromatic heterocycles. The Kier molecular flexibility index (Phi) is 6.97. The second-order valence-electron chi connectivity index (χ2n) is 5.48. The molecule has 0 aromatic rings. The second-order valence-corrected chi connectivity index (χ2v) is 10.2. The minimum absolute atomic E-state index is 0.0135. The van der Waals surface area contributed by atoms with E-state index in [2.05, 4.69) is 20.8 Å². The van der Waals surface area contributed by atoms with Gasteiger partial charge >= 0.3 is 5.97 Å². The summed E-state index contributed by atoms with van der Waals surface area (Å²) < 4.78 is 15.8. The number of hydrogen-bond acceptors (Lipinski definition) is 4. The highest BCUT2D eigenvalue weighted by Gasteiger charge is 2.40. The van der Waals surface area contributed by atoms with Crippen molar-refractivity contribution < 1.29 is 18.7 Å². The van der Waals surface area contributed by atoms with Crippen molar-refractivity contribution >= 4 is 14.3 Å². The lowest BCUT2D eigenvalue weighted by molar-refractivity contribution is -0.141. The Hall–Kier alpha value is -0.393. The van der Waals surface area contributed by atoms with Crippen LogP contribution in [-0.2, 0) is 18.7 Å². The van der Waals surface area contributed by atoms with Gasteiger partial charge < -0.3 is 13.9 Å². The van der Waals surface area contributed by atoms with Crippen LogP contribution in [-0.4, -0.2) is 40.7 Å². The molecule has 0 fully saturated rings. The Labute approximate surface area is 106 Å². The number of rotatable bonds is 7. The zero-order valence-electron chi connectivity index (χ0n) is 12.0. The fourth-order valence-corrected chi connectivity index (χ4v) is 1.82. The summed E-state index contributed by atoms with van der Waals surface area (Å²) in [5.74, 6) is -0.270. The van der Waals surface area contributed by atoms with Crippen molar-refractivity contribution in [1.82, 2.24) is 0 Å². The zero-order chi connectivity index (χ0) is 13.5. The molecule has 0 radical (unpaired) electrons. The summed E-state index contributed by atoms with van der Waals surface area (Å²) >= 11 is 0. The molecule has 0 bridgehead atoms. The average Bonchev–Trinajstić information content (AvgIpc) is 2.14. The van der Waals surface area contributed by atoms with Gasteiger partial charge in [0.15, 0.2) is 0 Å². The van der Waals surface area contributed by atoms with E-state index in [0.717, 1.165) is 0 Å². The van der Waals surface area contributed by atoms with Crippen molar-refractivity contribution in [3.8, 4) is 0 Å². The van der Waals surface area contributed by atoms with Crippen LogP contribution in [0.4, 0.5) is 0 Å². The van der Waals surface area contributed by atoms with Crippen LogP contribution in [0.2, 0.25) is 18.1 Å². The van der Waals surface area contributed by atoms with Gasteiger partial charge in [-0.2, -0.15) is 0 Å². The molecular formula is C12H26O4Si. The van der Waals surface area contributed by atoms with Crippen molar-refractivity contribution in [2.24, 2.45) is 0 Å². The summed E-state index contributed by atoms with van der Waals surface area (Å²) in [5.41, 5.74) is 0. The van der Waals surface area contributed by atoms with Crippen LogP contribution in [0, 0.1) is 0 Å². The van der Waals surface area contributed by atoms with Crippen molar-refractivity contribution in [3.05, 3.63) is 0 Å². The Morgan fingerprint density at radius 2 is 1.65 bits per heavy atom. The molecule has 17 heavy (non-hydrogen) atoms. The van der Waals surface area contributed by atoms with Gasteiger partial charge in [0.2, 0.25) is 0 Å². The van der Waals surface area contributed by atoms with E-state index in [0.29, 0.717) is 19.8 Å². The van der Waals surface area contributed by atoms with Crippen LogP contribution in [0.25, 0.3) is 0 Å². The summed E-state index contributed by atoms with van der Waals surface area (Å²) in [5, 5.41) is 0.0357. The smallest absolute Gasteiger partial charge is 0.318 e. The van der Waals surface area contributed by atoms with E-state index < -0.39 is 8.32 Å². The van der Waals surface area contributed by atoms with Crippen molar-refractivity contribution in [2.45, 2.75) is 45.8 Å². The maximum atomic E-state index is 11.6. The van der Waals surface area contributed by atoms with E-state index in [-0.39, 0.29) is 17.6 Å². The SMILES string of the molecule is CCOCCOCC(=O)O[Si](C)(C)C(C)(C)C. The molecular weight excluding hydrogens is 236 g/mol. The van der Waals surface area contributed by atoms with Gasteiger partial charge in [-0.15, -0.1) is 0 Å². The molecule has 0 rings (SSSR count). The third-order valence-electron chi connectivity index (χ3n) is 2.97. The second kappa shape index (κ2) is 7.13. The quantitative estimate of drug-likeness (QED) is 0.522. The fourth-order valence-electron chi connectivity index (χ4n) is 0.885. The van der Waals surface area contributed by atoms with Crippen LogP contribution in [0.5, 0.6) is 0 Å². The highest BCUT2D eigenvalue weighted by Crippen LogP contribution is 2.36. The summed E-state index contributed by atoms with van der Waals surface area (Å²) in [6, 6.07) is 0. The highest BCUT2D eigenvalue weighted by atomic mass is 28.4. The van der Waals surface area contributed by atoms with Crippen LogP contribution in [0.1, 0.15) is 27.7 Å². The van der Waals surface area contributed by atoms with Gasteiger partial charge in [-0.25, -0.2) is 0 Å². The lowest BCUT2D eigenvalue weighted by Gasteiger charge is -2.35. The predicted octanol–water partition coefficient (Wildman–Crippen LogP) is 2.59. The molecule has 5 heteroatoms. The van der Waals surface area contributed by atoms with Crippen LogP contribution in [0.3, 0.4) is 0 Å². The third-order valence-corrected chi connectivity index (χ3v) is 7.32. The van der Waals surface area contributed by atoms with E-state index in [1.54, 1.807) is 0 Å². The molecule has 0 heterocycles. The first-order valence-electron chi connectivity index (χ1n) is 6.08. The molecule has 0 aliphatic carbocycles. The maximum absolute atomic E-state index is 11.6. The number of hydrogen-bond donors (Lipinski definition) is 0. The van der Waals surface area contributed by atoms with Crippen molar-refractivity contribution in [3.63, 3.8) is 0 Å². The summed E-state index contributed by atoms with van der Waals surface area (Å²) in [4.78, 5) is 11.6. The predicted molar refractivity (Wildman–Crippen MR) is 70.6 cm³/mol. The van der Waals surface area contributed by atoms with Crippen LogP contribution >= 0.6 is 0 Å². The fraction of sp³-hybridized carbons (Fsp3) is 0.917. The first-order chi connectivity index (χ1) is 7.70. The third kappa shape index (κ3) is 6.80. The first kappa shape index (κ1) is 16.6. The van der Waals surface area contributed by atoms with E-state index >= 15 is 0 Å². The molecule has 0 aliphatic heterocycles. The van der Waals surface area contributed by atoms with Crippen LogP contribution < -0.4 is 0 Å². The molecule has 0 amide bonds. The molecule has 0 aromatic carbocycles. The molecule has 0 atom stereocenters. The monoisotopic (exact) mass is 262 g/mol. The molecule has 0 saturated heterocycles. The summed E-state index contributed by atoms with van der Waals surface area (Å²) in [6.07, 6.45) is 0. The van der Waals surface area contributed by atoms with Crippen molar-refractivity contribution in [2.75, 3.05) is 26.4 Å². The molecule has 0 spiro atoms. The van der Waals surface area contributed by atoms with Gasteiger partial charge in [0.1, 0.15) is 6.61 Å². The Morgan fingerprint density at radius 3 is 2.12 bits per heavy atom. The van der Waals surface area contributed by atoms with E-state index in [1.165, 1.54) is 0 Å². The molecule has 0 N–H and O–H groups in total.